The second-order valence-electron chi connectivity index (χ2n) is 4.25. The Morgan fingerprint density at radius 3 is 2.59 bits per heavy atom. The minimum atomic E-state index is -3.15. The Morgan fingerprint density at radius 2 is 2.12 bits per heavy atom. The van der Waals surface area contributed by atoms with Crippen molar-refractivity contribution in [1.82, 2.24) is 4.90 Å². The molecule has 1 saturated heterocycles. The maximum Gasteiger partial charge on any atom is 0.307 e. The van der Waals surface area contributed by atoms with E-state index in [9.17, 15) is 18.3 Å². The van der Waals surface area contributed by atoms with Crippen LogP contribution in [0, 0.1) is 0 Å². The summed E-state index contributed by atoms with van der Waals surface area (Å²) in [5.41, 5.74) is 0. The maximum absolute atomic E-state index is 11.3. The number of carbonyl (C=O) groups is 1. The predicted molar refractivity (Wildman–Crippen MR) is 62.3 cm³/mol. The summed E-state index contributed by atoms with van der Waals surface area (Å²) in [5.74, 6) is -0.552. The Morgan fingerprint density at radius 1 is 1.47 bits per heavy atom. The molecular formula is C10H19NO5S. The molecule has 0 aromatic rings. The van der Waals surface area contributed by atoms with Crippen LogP contribution >= 0.6 is 0 Å². The van der Waals surface area contributed by atoms with E-state index < -0.39 is 22.0 Å². The summed E-state index contributed by atoms with van der Waals surface area (Å²) >= 11 is 0. The van der Waals surface area contributed by atoms with Gasteiger partial charge in [-0.15, -0.1) is 0 Å². The molecule has 17 heavy (non-hydrogen) atoms. The van der Waals surface area contributed by atoms with E-state index in [2.05, 4.69) is 0 Å². The molecule has 7 heteroatoms. The number of esters is 1. The normalized spacial score (nSPS) is 27.3. The lowest BCUT2D eigenvalue weighted by Gasteiger charge is -2.25. The average molecular weight is 265 g/mol. The van der Waals surface area contributed by atoms with Gasteiger partial charge in [0.05, 0.1) is 36.7 Å². The van der Waals surface area contributed by atoms with E-state index in [1.165, 1.54) is 0 Å². The van der Waals surface area contributed by atoms with Crippen molar-refractivity contribution in [2.45, 2.75) is 25.5 Å². The molecule has 2 unspecified atom stereocenters. The second-order valence-corrected chi connectivity index (χ2v) is 6.40. The Bertz CT molecular complexity index is 367. The number of aliphatic hydroxyl groups excluding tert-OH is 1. The minimum absolute atomic E-state index is 0.0481. The maximum atomic E-state index is 11.3. The molecular weight excluding hydrogens is 246 g/mol. The molecule has 0 amide bonds. The number of likely N-dealkylation sites (N-methyl/N-ethyl adjacent to an activating group) is 1. The number of nitrogens with zero attached hydrogens (tertiary/aromatic N) is 1. The Labute approximate surface area is 101 Å². The molecule has 0 bridgehead atoms. The summed E-state index contributed by atoms with van der Waals surface area (Å²) in [6.45, 7) is 2.45. The number of ether oxygens (including phenoxy) is 1. The molecule has 100 valence electrons. The van der Waals surface area contributed by atoms with Crippen LogP contribution in [0.1, 0.15) is 13.3 Å². The van der Waals surface area contributed by atoms with Crippen LogP contribution in [0.2, 0.25) is 0 Å². The first-order valence-electron chi connectivity index (χ1n) is 5.60. The van der Waals surface area contributed by atoms with Gasteiger partial charge in [0.25, 0.3) is 0 Å². The lowest BCUT2D eigenvalue weighted by Crippen LogP contribution is -2.41. The Hall–Kier alpha value is -0.660. The summed E-state index contributed by atoms with van der Waals surface area (Å²) < 4.78 is 27.4. The van der Waals surface area contributed by atoms with Crippen molar-refractivity contribution in [2.75, 3.05) is 31.7 Å². The van der Waals surface area contributed by atoms with Gasteiger partial charge in [0.1, 0.15) is 0 Å². The van der Waals surface area contributed by atoms with Crippen molar-refractivity contribution in [3.63, 3.8) is 0 Å². The number of aliphatic hydroxyl groups is 1. The summed E-state index contributed by atoms with van der Waals surface area (Å²) in [7, 11) is -1.44. The molecule has 1 fully saturated rings. The van der Waals surface area contributed by atoms with Crippen molar-refractivity contribution in [2.24, 2.45) is 0 Å². The molecule has 0 radical (unpaired) electrons. The molecule has 2 atom stereocenters. The summed E-state index contributed by atoms with van der Waals surface area (Å²) in [4.78, 5) is 12.8. The fourth-order valence-corrected chi connectivity index (χ4v) is 3.77. The van der Waals surface area contributed by atoms with E-state index in [4.69, 9.17) is 4.74 Å². The van der Waals surface area contributed by atoms with Crippen molar-refractivity contribution in [1.29, 1.82) is 0 Å². The van der Waals surface area contributed by atoms with Gasteiger partial charge in [-0.05, 0) is 14.0 Å². The minimum Gasteiger partial charge on any atom is -0.466 e. The van der Waals surface area contributed by atoms with Gasteiger partial charge in [-0.3, -0.25) is 9.69 Å². The van der Waals surface area contributed by atoms with Crippen LogP contribution in [0.25, 0.3) is 0 Å². The third-order valence-corrected chi connectivity index (χ3v) is 4.53. The molecule has 1 aliphatic heterocycles. The zero-order valence-corrected chi connectivity index (χ0v) is 10.9. The van der Waals surface area contributed by atoms with Gasteiger partial charge in [-0.1, -0.05) is 0 Å². The number of hydrogen-bond donors (Lipinski definition) is 1. The number of hydrogen-bond acceptors (Lipinski definition) is 6. The SMILES string of the molecule is CCOC(=O)CCN(C)C1CS(=O)(=O)CC1O. The molecule has 0 spiro atoms. The zero-order chi connectivity index (χ0) is 13.1. The lowest BCUT2D eigenvalue weighted by molar-refractivity contribution is -0.143. The standard InChI is InChI=1S/C10H19NO5S/c1-3-16-10(13)4-5-11(2)8-6-17(14,15)7-9(8)12/h8-9,12H,3-7H2,1-2H3. The van der Waals surface area contributed by atoms with Crippen molar-refractivity contribution < 1.29 is 23.1 Å². The fourth-order valence-electron chi connectivity index (χ4n) is 1.90. The molecule has 0 aromatic carbocycles. The van der Waals surface area contributed by atoms with E-state index >= 15 is 0 Å². The van der Waals surface area contributed by atoms with E-state index in [0.717, 1.165) is 0 Å². The van der Waals surface area contributed by atoms with Gasteiger partial charge in [-0.2, -0.15) is 0 Å². The van der Waals surface area contributed by atoms with Gasteiger partial charge in [0.15, 0.2) is 9.84 Å². The number of rotatable bonds is 5. The number of sulfone groups is 1. The van der Waals surface area contributed by atoms with Crippen LogP contribution < -0.4 is 0 Å². The first-order valence-corrected chi connectivity index (χ1v) is 7.42. The molecule has 1 aliphatic rings. The first kappa shape index (κ1) is 14.4. The van der Waals surface area contributed by atoms with Crippen LogP contribution in [-0.4, -0.2) is 68.2 Å². The average Bonchev–Trinajstić information content (AvgIpc) is 2.49. The zero-order valence-electron chi connectivity index (χ0n) is 10.1. The largest absolute Gasteiger partial charge is 0.466 e. The molecule has 1 rings (SSSR count). The van der Waals surface area contributed by atoms with E-state index in [1.807, 2.05) is 0 Å². The highest BCUT2D eigenvalue weighted by atomic mass is 32.2. The van der Waals surface area contributed by atoms with Crippen molar-refractivity contribution >= 4 is 15.8 Å². The van der Waals surface area contributed by atoms with Gasteiger partial charge < -0.3 is 9.84 Å². The Kier molecular flexibility index (Phi) is 4.91. The molecule has 6 nitrogen and oxygen atoms in total. The van der Waals surface area contributed by atoms with Crippen LogP contribution in [0.5, 0.6) is 0 Å². The highest BCUT2D eigenvalue weighted by Crippen LogP contribution is 2.17. The second kappa shape index (κ2) is 5.79. The van der Waals surface area contributed by atoms with Crippen LogP contribution in [-0.2, 0) is 19.4 Å². The van der Waals surface area contributed by atoms with Gasteiger partial charge >= 0.3 is 5.97 Å². The highest BCUT2D eigenvalue weighted by molar-refractivity contribution is 7.91. The van der Waals surface area contributed by atoms with Crippen LogP contribution in [0.15, 0.2) is 0 Å². The summed E-state index contributed by atoms with van der Waals surface area (Å²) in [6, 6.07) is -0.422. The van der Waals surface area contributed by atoms with E-state index in [-0.39, 0.29) is 23.9 Å². The van der Waals surface area contributed by atoms with Crippen LogP contribution in [0.3, 0.4) is 0 Å². The topological polar surface area (TPSA) is 83.9 Å². The van der Waals surface area contributed by atoms with Crippen molar-refractivity contribution in [3.8, 4) is 0 Å². The fraction of sp³-hybridized carbons (Fsp3) is 0.900. The quantitative estimate of drug-likeness (QED) is 0.644. The third kappa shape index (κ3) is 4.25. The van der Waals surface area contributed by atoms with Gasteiger partial charge in [0, 0.05) is 6.54 Å². The summed E-state index contributed by atoms with van der Waals surface area (Å²) in [5, 5.41) is 9.63. The molecule has 0 aromatic heterocycles. The molecule has 1 heterocycles. The smallest absolute Gasteiger partial charge is 0.307 e. The van der Waals surface area contributed by atoms with Gasteiger partial charge in [0.2, 0.25) is 0 Å². The number of carbonyl (C=O) groups excluding carboxylic acids is 1. The molecule has 1 N–H and O–H groups in total. The monoisotopic (exact) mass is 265 g/mol. The van der Waals surface area contributed by atoms with Gasteiger partial charge in [-0.25, -0.2) is 8.42 Å². The lowest BCUT2D eigenvalue weighted by atomic mass is 10.2. The summed E-state index contributed by atoms with van der Waals surface area (Å²) in [6.07, 6.45) is -0.666. The molecule has 0 aliphatic carbocycles. The van der Waals surface area contributed by atoms with E-state index in [1.54, 1.807) is 18.9 Å². The molecule has 0 saturated carbocycles. The van der Waals surface area contributed by atoms with Crippen molar-refractivity contribution in [3.05, 3.63) is 0 Å². The third-order valence-electron chi connectivity index (χ3n) is 2.83. The predicted octanol–water partition coefficient (Wildman–Crippen LogP) is -0.971. The first-order chi connectivity index (χ1) is 7.85. The van der Waals surface area contributed by atoms with E-state index in [0.29, 0.717) is 13.2 Å². The van der Waals surface area contributed by atoms with Crippen LogP contribution in [0.4, 0.5) is 0 Å². The highest BCUT2D eigenvalue weighted by Gasteiger charge is 2.38. The Balaban J connectivity index is 2.43.